The van der Waals surface area contributed by atoms with Gasteiger partial charge in [0, 0.05) is 38.3 Å². The molecule has 0 spiro atoms. The monoisotopic (exact) mass is 278 g/mol. The van der Waals surface area contributed by atoms with E-state index in [1.54, 1.807) is 0 Å². The van der Waals surface area contributed by atoms with Gasteiger partial charge in [-0.15, -0.1) is 0 Å². The number of hydrogen-bond acceptors (Lipinski definition) is 3. The standard InChI is InChI=1S/C16H30N4/c1-6-14-10-20(16(7-2,8-3)12-17-14)11-15-9-13(4)18-19(15)5/h9,14,17H,6-8,10-12H2,1-5H3. The van der Waals surface area contributed by atoms with Crippen LogP contribution in [0.3, 0.4) is 0 Å². The molecule has 1 fully saturated rings. The third kappa shape index (κ3) is 2.91. The highest BCUT2D eigenvalue weighted by atomic mass is 15.3. The van der Waals surface area contributed by atoms with Gasteiger partial charge >= 0.3 is 0 Å². The molecule has 1 atom stereocenters. The highest BCUT2D eigenvalue weighted by Gasteiger charge is 2.38. The maximum atomic E-state index is 4.49. The number of hydrogen-bond donors (Lipinski definition) is 1. The number of aromatic nitrogens is 2. The molecule has 2 rings (SSSR count). The zero-order valence-corrected chi connectivity index (χ0v) is 13.7. The maximum absolute atomic E-state index is 4.49. The number of nitrogens with one attached hydrogen (secondary N) is 1. The Balaban J connectivity index is 2.20. The van der Waals surface area contributed by atoms with Gasteiger partial charge in [-0.1, -0.05) is 20.8 Å². The molecule has 114 valence electrons. The molecule has 1 saturated heterocycles. The van der Waals surface area contributed by atoms with Crippen molar-refractivity contribution < 1.29 is 0 Å². The number of aryl methyl sites for hydroxylation is 2. The Morgan fingerprint density at radius 1 is 1.35 bits per heavy atom. The van der Waals surface area contributed by atoms with Crippen LogP contribution in [0.5, 0.6) is 0 Å². The van der Waals surface area contributed by atoms with Gasteiger partial charge in [-0.2, -0.15) is 5.10 Å². The average Bonchev–Trinajstić information content (AvgIpc) is 2.77. The van der Waals surface area contributed by atoms with Gasteiger partial charge in [0.25, 0.3) is 0 Å². The van der Waals surface area contributed by atoms with Crippen LogP contribution in [-0.4, -0.2) is 39.4 Å². The fourth-order valence-electron chi connectivity index (χ4n) is 3.43. The molecule has 0 aromatic carbocycles. The molecule has 0 bridgehead atoms. The molecule has 1 aliphatic rings. The normalized spacial score (nSPS) is 23.1. The fraction of sp³-hybridized carbons (Fsp3) is 0.812. The van der Waals surface area contributed by atoms with Crippen LogP contribution in [-0.2, 0) is 13.6 Å². The molecular formula is C16H30N4. The van der Waals surface area contributed by atoms with Gasteiger partial charge in [0.2, 0.25) is 0 Å². The minimum absolute atomic E-state index is 0.295. The molecule has 0 aliphatic carbocycles. The molecule has 4 nitrogen and oxygen atoms in total. The van der Waals surface area contributed by atoms with Crippen LogP contribution in [0.15, 0.2) is 6.07 Å². The Kier molecular flexibility index (Phi) is 4.86. The first kappa shape index (κ1) is 15.5. The Morgan fingerprint density at radius 3 is 2.55 bits per heavy atom. The molecule has 1 aliphatic heterocycles. The van der Waals surface area contributed by atoms with Crippen LogP contribution in [0.25, 0.3) is 0 Å². The zero-order valence-electron chi connectivity index (χ0n) is 13.7. The van der Waals surface area contributed by atoms with E-state index in [1.165, 1.54) is 25.0 Å². The van der Waals surface area contributed by atoms with E-state index in [9.17, 15) is 0 Å². The van der Waals surface area contributed by atoms with Gasteiger partial charge in [0.15, 0.2) is 0 Å². The van der Waals surface area contributed by atoms with E-state index in [1.807, 2.05) is 4.68 Å². The second-order valence-corrected chi connectivity index (χ2v) is 6.20. The van der Waals surface area contributed by atoms with E-state index >= 15 is 0 Å². The molecule has 2 heterocycles. The summed E-state index contributed by atoms with van der Waals surface area (Å²) in [6.07, 6.45) is 3.60. The summed E-state index contributed by atoms with van der Waals surface area (Å²) in [4.78, 5) is 2.69. The minimum Gasteiger partial charge on any atom is -0.311 e. The molecule has 4 heteroatoms. The van der Waals surface area contributed by atoms with Crippen LogP contribution in [0.4, 0.5) is 0 Å². The number of rotatable bonds is 5. The van der Waals surface area contributed by atoms with Crippen molar-refractivity contribution in [3.05, 3.63) is 17.5 Å². The van der Waals surface area contributed by atoms with Crippen LogP contribution in [0, 0.1) is 6.92 Å². The highest BCUT2D eigenvalue weighted by Crippen LogP contribution is 2.29. The summed E-state index contributed by atoms with van der Waals surface area (Å²) in [6, 6.07) is 2.84. The molecule has 20 heavy (non-hydrogen) atoms. The van der Waals surface area contributed by atoms with Crippen LogP contribution < -0.4 is 5.32 Å². The van der Waals surface area contributed by atoms with Gasteiger partial charge in [-0.25, -0.2) is 0 Å². The van der Waals surface area contributed by atoms with Crippen LogP contribution in [0.2, 0.25) is 0 Å². The molecule has 0 amide bonds. The quantitative estimate of drug-likeness (QED) is 0.898. The number of nitrogens with zero attached hydrogens (tertiary/aromatic N) is 3. The summed E-state index contributed by atoms with van der Waals surface area (Å²) < 4.78 is 2.04. The van der Waals surface area contributed by atoms with Crippen LogP contribution in [0.1, 0.15) is 51.4 Å². The minimum atomic E-state index is 0.295. The second-order valence-electron chi connectivity index (χ2n) is 6.20. The number of piperazine rings is 1. The molecule has 1 unspecified atom stereocenters. The molecule has 0 saturated carbocycles. The third-order valence-corrected chi connectivity index (χ3v) is 5.09. The third-order valence-electron chi connectivity index (χ3n) is 5.09. The van der Waals surface area contributed by atoms with E-state index in [4.69, 9.17) is 0 Å². The van der Waals surface area contributed by atoms with Crippen molar-refractivity contribution in [3.63, 3.8) is 0 Å². The van der Waals surface area contributed by atoms with Crippen molar-refractivity contribution in [3.8, 4) is 0 Å². The lowest BCUT2D eigenvalue weighted by atomic mass is 9.86. The van der Waals surface area contributed by atoms with Gasteiger partial charge in [-0.3, -0.25) is 9.58 Å². The largest absolute Gasteiger partial charge is 0.311 e. The van der Waals surface area contributed by atoms with E-state index in [2.05, 4.69) is 56.1 Å². The van der Waals surface area contributed by atoms with Crippen LogP contribution >= 0.6 is 0 Å². The maximum Gasteiger partial charge on any atom is 0.0597 e. The second kappa shape index (κ2) is 6.27. The van der Waals surface area contributed by atoms with Crippen molar-refractivity contribution in [2.45, 2.75) is 65.1 Å². The Morgan fingerprint density at radius 2 is 2.05 bits per heavy atom. The predicted molar refractivity (Wildman–Crippen MR) is 83.7 cm³/mol. The van der Waals surface area contributed by atoms with Crippen molar-refractivity contribution in [1.29, 1.82) is 0 Å². The predicted octanol–water partition coefficient (Wildman–Crippen LogP) is 2.47. The van der Waals surface area contributed by atoms with Crippen molar-refractivity contribution in [1.82, 2.24) is 20.0 Å². The van der Waals surface area contributed by atoms with Gasteiger partial charge < -0.3 is 5.32 Å². The summed E-state index contributed by atoms with van der Waals surface area (Å²) in [6.45, 7) is 12.2. The molecule has 1 N–H and O–H groups in total. The fourth-order valence-corrected chi connectivity index (χ4v) is 3.43. The van der Waals surface area contributed by atoms with E-state index < -0.39 is 0 Å². The summed E-state index contributed by atoms with van der Waals surface area (Å²) in [5.41, 5.74) is 2.73. The first-order chi connectivity index (χ1) is 9.54. The first-order valence-electron chi connectivity index (χ1n) is 8.02. The smallest absolute Gasteiger partial charge is 0.0597 e. The summed E-state index contributed by atoms with van der Waals surface area (Å²) in [7, 11) is 2.06. The van der Waals surface area contributed by atoms with Gasteiger partial charge in [0.1, 0.15) is 0 Å². The average molecular weight is 278 g/mol. The van der Waals surface area contributed by atoms with E-state index in [-0.39, 0.29) is 0 Å². The van der Waals surface area contributed by atoms with Crippen molar-refractivity contribution >= 4 is 0 Å². The zero-order chi connectivity index (χ0) is 14.8. The van der Waals surface area contributed by atoms with E-state index in [0.29, 0.717) is 11.6 Å². The summed E-state index contributed by atoms with van der Waals surface area (Å²) in [5.74, 6) is 0. The Hall–Kier alpha value is -0.870. The summed E-state index contributed by atoms with van der Waals surface area (Å²) in [5, 5.41) is 8.22. The molecular weight excluding hydrogens is 248 g/mol. The Labute approximate surface area is 123 Å². The molecule has 0 radical (unpaired) electrons. The lowest BCUT2D eigenvalue weighted by molar-refractivity contribution is 0.0219. The summed E-state index contributed by atoms with van der Waals surface area (Å²) >= 11 is 0. The van der Waals surface area contributed by atoms with Gasteiger partial charge in [-0.05, 0) is 32.3 Å². The van der Waals surface area contributed by atoms with Crippen molar-refractivity contribution in [2.75, 3.05) is 13.1 Å². The lowest BCUT2D eigenvalue weighted by Crippen LogP contribution is -2.63. The molecule has 1 aromatic heterocycles. The lowest BCUT2D eigenvalue weighted by Gasteiger charge is -2.49. The first-order valence-corrected chi connectivity index (χ1v) is 8.02. The Bertz CT molecular complexity index is 434. The van der Waals surface area contributed by atoms with Gasteiger partial charge in [0.05, 0.1) is 11.4 Å². The highest BCUT2D eigenvalue weighted by molar-refractivity contribution is 5.10. The SMILES string of the molecule is CCC1CN(Cc2cc(C)nn2C)C(CC)(CC)CN1. The van der Waals surface area contributed by atoms with E-state index in [0.717, 1.165) is 25.3 Å². The topological polar surface area (TPSA) is 33.1 Å². The molecule has 1 aromatic rings. The van der Waals surface area contributed by atoms with Crippen molar-refractivity contribution in [2.24, 2.45) is 7.05 Å².